The van der Waals surface area contributed by atoms with E-state index in [0.717, 1.165) is 16.1 Å². The van der Waals surface area contributed by atoms with Crippen LogP contribution in [0.25, 0.3) is 0 Å². The normalized spacial score (nSPS) is 11.6. The van der Waals surface area contributed by atoms with E-state index in [4.69, 9.17) is 9.47 Å². The van der Waals surface area contributed by atoms with Gasteiger partial charge in [-0.15, -0.1) is 0 Å². The maximum absolute atomic E-state index is 12.3. The van der Waals surface area contributed by atoms with E-state index in [2.05, 4.69) is 10.5 Å². The third-order valence-corrected chi connectivity index (χ3v) is 5.02. The number of nitrogens with one attached hydrogen (secondary N) is 1. The maximum atomic E-state index is 12.3. The molecule has 150 valence electrons. The summed E-state index contributed by atoms with van der Waals surface area (Å²) in [5.41, 5.74) is 4.03. The van der Waals surface area contributed by atoms with E-state index in [1.807, 2.05) is 12.1 Å². The van der Waals surface area contributed by atoms with Crippen LogP contribution in [0.3, 0.4) is 0 Å². The Morgan fingerprint density at radius 2 is 1.71 bits per heavy atom. The Kier molecular flexibility index (Phi) is 7.00. The lowest BCUT2D eigenvalue weighted by atomic mass is 10.1. The minimum Gasteiger partial charge on any atom is -0.497 e. The van der Waals surface area contributed by atoms with Gasteiger partial charge in [0.2, 0.25) is 10.0 Å². The van der Waals surface area contributed by atoms with Crippen LogP contribution in [0.5, 0.6) is 11.5 Å². The van der Waals surface area contributed by atoms with Crippen molar-refractivity contribution < 1.29 is 22.7 Å². The summed E-state index contributed by atoms with van der Waals surface area (Å²) in [7, 11) is -0.707. The van der Waals surface area contributed by atoms with Crippen molar-refractivity contribution in [3.63, 3.8) is 0 Å². The van der Waals surface area contributed by atoms with Crippen molar-refractivity contribution in [1.29, 1.82) is 0 Å². The fraction of sp³-hybridized carbons (Fsp3) is 0.263. The number of hydrogen-bond donors (Lipinski definition) is 1. The van der Waals surface area contributed by atoms with Crippen molar-refractivity contribution in [3.05, 3.63) is 54.1 Å². The van der Waals surface area contributed by atoms with Crippen LogP contribution in [0, 0.1) is 0 Å². The van der Waals surface area contributed by atoms with Crippen LogP contribution < -0.4 is 19.2 Å². The lowest BCUT2D eigenvalue weighted by Gasteiger charge is -2.23. The highest BCUT2D eigenvalue weighted by Gasteiger charge is 2.23. The summed E-state index contributed by atoms with van der Waals surface area (Å²) in [5, 5.41) is 4.04. The van der Waals surface area contributed by atoms with Crippen LogP contribution in [-0.4, -0.2) is 47.1 Å². The van der Waals surface area contributed by atoms with Gasteiger partial charge >= 0.3 is 0 Å². The average Bonchev–Trinajstić information content (AvgIpc) is 2.69. The van der Waals surface area contributed by atoms with Crippen molar-refractivity contribution >= 4 is 27.3 Å². The van der Waals surface area contributed by atoms with Crippen molar-refractivity contribution in [1.82, 2.24) is 5.43 Å². The van der Waals surface area contributed by atoms with E-state index in [0.29, 0.717) is 17.2 Å². The fourth-order valence-corrected chi connectivity index (χ4v) is 3.29. The SMILES string of the molecule is COc1ccc(/C(C)=N\NC(=O)CN(c2ccccc2OC)S(C)(=O)=O)cc1. The minimum absolute atomic E-state index is 0.276. The molecule has 28 heavy (non-hydrogen) atoms. The molecule has 2 rings (SSSR count). The van der Waals surface area contributed by atoms with E-state index < -0.39 is 22.5 Å². The standard InChI is InChI=1S/C19H23N3O5S/c1-14(15-9-11-16(26-2)12-10-15)20-21-19(23)13-22(28(4,24)25)17-7-5-6-8-18(17)27-3/h5-12H,13H2,1-4H3,(H,21,23)/b20-14-. The summed E-state index contributed by atoms with van der Waals surface area (Å²) < 4.78 is 35.7. The second-order valence-electron chi connectivity index (χ2n) is 5.90. The molecule has 0 heterocycles. The van der Waals surface area contributed by atoms with Crippen LogP contribution in [0.15, 0.2) is 53.6 Å². The number of rotatable bonds is 8. The molecule has 2 aromatic rings. The summed E-state index contributed by atoms with van der Waals surface area (Å²) >= 11 is 0. The van der Waals surface area contributed by atoms with E-state index in [1.54, 1.807) is 50.4 Å². The summed E-state index contributed by atoms with van der Waals surface area (Å²) in [4.78, 5) is 12.3. The van der Waals surface area contributed by atoms with Crippen molar-refractivity contribution in [3.8, 4) is 11.5 Å². The number of carbonyl (C=O) groups excluding carboxylic acids is 1. The van der Waals surface area contributed by atoms with Gasteiger partial charge in [-0.05, 0) is 48.9 Å². The summed E-state index contributed by atoms with van der Waals surface area (Å²) in [6, 6.07) is 13.7. The highest BCUT2D eigenvalue weighted by Crippen LogP contribution is 2.29. The van der Waals surface area contributed by atoms with Gasteiger partial charge in [0.25, 0.3) is 5.91 Å². The van der Waals surface area contributed by atoms with Gasteiger partial charge in [-0.3, -0.25) is 9.10 Å². The van der Waals surface area contributed by atoms with Crippen LogP contribution in [0.1, 0.15) is 12.5 Å². The first-order valence-electron chi connectivity index (χ1n) is 8.34. The number of hydrazone groups is 1. The van der Waals surface area contributed by atoms with Gasteiger partial charge in [0.15, 0.2) is 0 Å². The molecular weight excluding hydrogens is 382 g/mol. The molecule has 0 unspecified atom stereocenters. The van der Waals surface area contributed by atoms with Crippen LogP contribution in [-0.2, 0) is 14.8 Å². The number of methoxy groups -OCH3 is 2. The number of anilines is 1. The molecule has 0 aliphatic heterocycles. The van der Waals surface area contributed by atoms with Gasteiger partial charge in [-0.1, -0.05) is 12.1 Å². The first-order valence-corrected chi connectivity index (χ1v) is 10.2. The van der Waals surface area contributed by atoms with Crippen molar-refractivity contribution in [2.45, 2.75) is 6.92 Å². The topological polar surface area (TPSA) is 97.3 Å². The second-order valence-corrected chi connectivity index (χ2v) is 7.81. The lowest BCUT2D eigenvalue weighted by Crippen LogP contribution is -2.39. The molecule has 0 saturated carbocycles. The number of nitrogens with zero attached hydrogens (tertiary/aromatic N) is 2. The first kappa shape index (κ1) is 21.2. The zero-order valence-electron chi connectivity index (χ0n) is 16.2. The number of ether oxygens (including phenoxy) is 2. The zero-order chi connectivity index (χ0) is 20.7. The van der Waals surface area contributed by atoms with Gasteiger partial charge < -0.3 is 9.47 Å². The third kappa shape index (κ3) is 5.46. The van der Waals surface area contributed by atoms with E-state index in [1.165, 1.54) is 7.11 Å². The summed E-state index contributed by atoms with van der Waals surface area (Å²) in [6.45, 7) is 1.30. The molecule has 0 aliphatic carbocycles. The third-order valence-electron chi connectivity index (χ3n) is 3.90. The second kappa shape index (κ2) is 9.23. The van der Waals surface area contributed by atoms with E-state index >= 15 is 0 Å². The molecule has 0 atom stereocenters. The fourth-order valence-electron chi connectivity index (χ4n) is 2.43. The highest BCUT2D eigenvalue weighted by molar-refractivity contribution is 7.92. The quantitative estimate of drug-likeness (QED) is 0.535. The molecule has 0 aromatic heterocycles. The van der Waals surface area contributed by atoms with Gasteiger partial charge in [0, 0.05) is 0 Å². The largest absolute Gasteiger partial charge is 0.497 e. The highest BCUT2D eigenvalue weighted by atomic mass is 32.2. The predicted molar refractivity (Wildman–Crippen MR) is 109 cm³/mol. The zero-order valence-corrected chi connectivity index (χ0v) is 17.0. The molecule has 2 aromatic carbocycles. The Morgan fingerprint density at radius 3 is 2.29 bits per heavy atom. The number of amides is 1. The number of carbonyl (C=O) groups is 1. The minimum atomic E-state index is -3.71. The van der Waals surface area contributed by atoms with Gasteiger partial charge in [-0.25, -0.2) is 13.8 Å². The van der Waals surface area contributed by atoms with Crippen molar-refractivity contribution in [2.75, 3.05) is 31.3 Å². The number of para-hydroxylation sites is 2. The summed E-state index contributed by atoms with van der Waals surface area (Å²) in [6.07, 6.45) is 1.03. The van der Waals surface area contributed by atoms with Crippen molar-refractivity contribution in [2.24, 2.45) is 5.10 Å². The number of benzene rings is 2. The van der Waals surface area contributed by atoms with Gasteiger partial charge in [0.1, 0.15) is 18.0 Å². The lowest BCUT2D eigenvalue weighted by molar-refractivity contribution is -0.119. The molecule has 0 bridgehead atoms. The summed E-state index contributed by atoms with van der Waals surface area (Å²) in [5.74, 6) is 0.476. The molecule has 0 aliphatic rings. The monoisotopic (exact) mass is 405 g/mol. The predicted octanol–water partition coefficient (Wildman–Crippen LogP) is 2.01. The number of hydrogen-bond acceptors (Lipinski definition) is 6. The molecule has 9 heteroatoms. The molecule has 1 amide bonds. The van der Waals surface area contributed by atoms with Gasteiger partial charge in [0.05, 0.1) is 31.9 Å². The molecule has 0 spiro atoms. The number of sulfonamides is 1. The maximum Gasteiger partial charge on any atom is 0.260 e. The average molecular weight is 405 g/mol. The first-order chi connectivity index (χ1) is 13.3. The van der Waals surface area contributed by atoms with Crippen LogP contribution >= 0.6 is 0 Å². The Balaban J connectivity index is 2.15. The van der Waals surface area contributed by atoms with Crippen LogP contribution in [0.4, 0.5) is 5.69 Å². The molecule has 0 radical (unpaired) electrons. The van der Waals surface area contributed by atoms with E-state index in [-0.39, 0.29) is 5.69 Å². The molecule has 8 nitrogen and oxygen atoms in total. The molecule has 0 fully saturated rings. The smallest absolute Gasteiger partial charge is 0.260 e. The Hall–Kier alpha value is -3.07. The Morgan fingerprint density at radius 1 is 1.07 bits per heavy atom. The van der Waals surface area contributed by atoms with Crippen LogP contribution in [0.2, 0.25) is 0 Å². The molecule has 0 saturated heterocycles. The Labute approximate surface area is 164 Å². The molecule has 1 N–H and O–H groups in total. The van der Waals surface area contributed by atoms with Gasteiger partial charge in [-0.2, -0.15) is 5.10 Å². The Bertz CT molecular complexity index is 956. The molecular formula is C19H23N3O5S. The van der Waals surface area contributed by atoms with E-state index in [9.17, 15) is 13.2 Å².